The summed E-state index contributed by atoms with van der Waals surface area (Å²) >= 11 is 0. The SMILES string of the molecule is CN=CC1CC(C=NC)CC(C=NC)C1. The fourth-order valence-electron chi connectivity index (χ4n) is 2.45. The second-order valence-electron chi connectivity index (χ2n) is 4.21. The molecule has 0 aromatic rings. The molecule has 84 valence electrons. The smallest absolute Gasteiger partial charge is 0.0273 e. The molecule has 0 N–H and O–H groups in total. The Balaban J connectivity index is 2.63. The average Bonchev–Trinajstić information content (AvgIpc) is 2.19. The predicted molar refractivity (Wildman–Crippen MR) is 67.6 cm³/mol. The highest BCUT2D eigenvalue weighted by Crippen LogP contribution is 2.30. The van der Waals surface area contributed by atoms with Gasteiger partial charge in [0.05, 0.1) is 0 Å². The summed E-state index contributed by atoms with van der Waals surface area (Å²) in [4.78, 5) is 12.4. The first kappa shape index (κ1) is 12.1. The van der Waals surface area contributed by atoms with Crippen LogP contribution in [0.5, 0.6) is 0 Å². The molecule has 0 bridgehead atoms. The molecule has 15 heavy (non-hydrogen) atoms. The summed E-state index contributed by atoms with van der Waals surface area (Å²) in [5.41, 5.74) is 0. The Kier molecular flexibility index (Phi) is 5.22. The summed E-state index contributed by atoms with van der Waals surface area (Å²) < 4.78 is 0. The molecule has 0 aromatic heterocycles. The van der Waals surface area contributed by atoms with Crippen molar-refractivity contribution in [3.05, 3.63) is 0 Å². The zero-order chi connectivity index (χ0) is 11.1. The minimum Gasteiger partial charge on any atom is -0.301 e. The Morgan fingerprint density at radius 2 is 0.933 bits per heavy atom. The molecule has 0 saturated heterocycles. The van der Waals surface area contributed by atoms with Crippen molar-refractivity contribution in [2.24, 2.45) is 32.7 Å². The fourth-order valence-corrected chi connectivity index (χ4v) is 2.45. The topological polar surface area (TPSA) is 37.1 Å². The van der Waals surface area contributed by atoms with Crippen LogP contribution in [0.4, 0.5) is 0 Å². The summed E-state index contributed by atoms with van der Waals surface area (Å²) in [6.07, 6.45) is 9.78. The van der Waals surface area contributed by atoms with E-state index in [0.29, 0.717) is 17.8 Å². The van der Waals surface area contributed by atoms with Crippen LogP contribution in [0.15, 0.2) is 15.0 Å². The van der Waals surface area contributed by atoms with E-state index >= 15 is 0 Å². The Bertz CT molecular complexity index is 207. The quantitative estimate of drug-likeness (QED) is 0.636. The highest BCUT2D eigenvalue weighted by molar-refractivity contribution is 5.69. The highest BCUT2D eigenvalue weighted by Gasteiger charge is 2.25. The molecule has 1 aliphatic rings. The molecule has 0 radical (unpaired) electrons. The second-order valence-corrected chi connectivity index (χ2v) is 4.21. The molecular formula is C12H21N3. The number of hydrogen-bond acceptors (Lipinski definition) is 3. The summed E-state index contributed by atoms with van der Waals surface area (Å²) in [5, 5.41) is 0. The van der Waals surface area contributed by atoms with E-state index in [2.05, 4.69) is 33.6 Å². The molecule has 0 aromatic carbocycles. The van der Waals surface area contributed by atoms with E-state index in [1.54, 1.807) is 0 Å². The van der Waals surface area contributed by atoms with E-state index in [0.717, 1.165) is 0 Å². The van der Waals surface area contributed by atoms with Crippen molar-refractivity contribution in [3.8, 4) is 0 Å². The first-order chi connectivity index (χ1) is 7.30. The van der Waals surface area contributed by atoms with Gasteiger partial charge in [-0.2, -0.15) is 0 Å². The highest BCUT2D eigenvalue weighted by atomic mass is 14.7. The molecular weight excluding hydrogens is 186 g/mol. The number of nitrogens with zero attached hydrogens (tertiary/aromatic N) is 3. The maximum atomic E-state index is 4.13. The third kappa shape index (κ3) is 3.94. The van der Waals surface area contributed by atoms with Gasteiger partial charge in [0.25, 0.3) is 0 Å². The van der Waals surface area contributed by atoms with E-state index in [1.165, 1.54) is 19.3 Å². The molecule has 0 heterocycles. The minimum absolute atomic E-state index is 0.592. The van der Waals surface area contributed by atoms with E-state index in [1.807, 2.05) is 21.1 Å². The maximum absolute atomic E-state index is 4.13. The Labute approximate surface area is 92.4 Å². The fraction of sp³-hybridized carbons (Fsp3) is 0.750. The molecule has 0 atom stereocenters. The van der Waals surface area contributed by atoms with Crippen LogP contribution in [0.2, 0.25) is 0 Å². The molecule has 0 amide bonds. The minimum atomic E-state index is 0.592. The first-order valence-corrected chi connectivity index (χ1v) is 5.57. The second kappa shape index (κ2) is 6.49. The number of aliphatic imine (C=N–C) groups is 3. The molecule has 0 unspecified atom stereocenters. The van der Waals surface area contributed by atoms with Gasteiger partial charge in [0.1, 0.15) is 0 Å². The van der Waals surface area contributed by atoms with Gasteiger partial charge in [0.15, 0.2) is 0 Å². The van der Waals surface area contributed by atoms with Crippen LogP contribution >= 0.6 is 0 Å². The number of rotatable bonds is 3. The van der Waals surface area contributed by atoms with E-state index in [-0.39, 0.29) is 0 Å². The molecule has 3 heteroatoms. The van der Waals surface area contributed by atoms with Gasteiger partial charge in [-0.15, -0.1) is 0 Å². The van der Waals surface area contributed by atoms with Gasteiger partial charge in [-0.3, -0.25) is 0 Å². The third-order valence-electron chi connectivity index (χ3n) is 2.90. The van der Waals surface area contributed by atoms with Crippen molar-refractivity contribution in [2.45, 2.75) is 19.3 Å². The van der Waals surface area contributed by atoms with Gasteiger partial charge in [0.2, 0.25) is 0 Å². The number of hydrogen-bond donors (Lipinski definition) is 0. The van der Waals surface area contributed by atoms with Crippen LogP contribution in [0.25, 0.3) is 0 Å². The normalized spacial score (nSPS) is 33.4. The lowest BCUT2D eigenvalue weighted by atomic mass is 9.76. The monoisotopic (exact) mass is 207 g/mol. The van der Waals surface area contributed by atoms with E-state index < -0.39 is 0 Å². The predicted octanol–water partition coefficient (Wildman–Crippen LogP) is 2.12. The third-order valence-corrected chi connectivity index (χ3v) is 2.90. The van der Waals surface area contributed by atoms with Gasteiger partial charge < -0.3 is 15.0 Å². The van der Waals surface area contributed by atoms with Gasteiger partial charge in [-0.25, -0.2) is 0 Å². The van der Waals surface area contributed by atoms with Crippen molar-refractivity contribution >= 4 is 18.6 Å². The van der Waals surface area contributed by atoms with E-state index in [9.17, 15) is 0 Å². The van der Waals surface area contributed by atoms with Crippen LogP contribution < -0.4 is 0 Å². The van der Waals surface area contributed by atoms with Gasteiger partial charge in [0, 0.05) is 39.8 Å². The lowest BCUT2D eigenvalue weighted by molar-refractivity contribution is 0.349. The van der Waals surface area contributed by atoms with Crippen LogP contribution in [-0.2, 0) is 0 Å². The molecule has 1 fully saturated rings. The summed E-state index contributed by atoms with van der Waals surface area (Å²) in [6, 6.07) is 0. The van der Waals surface area contributed by atoms with Gasteiger partial charge >= 0.3 is 0 Å². The van der Waals surface area contributed by atoms with Crippen LogP contribution in [-0.4, -0.2) is 39.8 Å². The van der Waals surface area contributed by atoms with Crippen molar-refractivity contribution in [3.63, 3.8) is 0 Å². The molecule has 0 spiro atoms. The van der Waals surface area contributed by atoms with Crippen molar-refractivity contribution in [2.75, 3.05) is 21.1 Å². The van der Waals surface area contributed by atoms with Crippen LogP contribution in [0.1, 0.15) is 19.3 Å². The summed E-state index contributed by atoms with van der Waals surface area (Å²) in [6.45, 7) is 0. The Hall–Kier alpha value is -0.990. The molecule has 3 nitrogen and oxygen atoms in total. The lowest BCUT2D eigenvalue weighted by Gasteiger charge is -2.29. The maximum Gasteiger partial charge on any atom is 0.0273 e. The van der Waals surface area contributed by atoms with Crippen molar-refractivity contribution < 1.29 is 0 Å². The zero-order valence-corrected chi connectivity index (χ0v) is 9.93. The Morgan fingerprint density at radius 1 is 0.667 bits per heavy atom. The summed E-state index contributed by atoms with van der Waals surface area (Å²) in [5.74, 6) is 1.78. The van der Waals surface area contributed by atoms with Gasteiger partial charge in [-0.1, -0.05) is 0 Å². The van der Waals surface area contributed by atoms with Crippen LogP contribution in [0.3, 0.4) is 0 Å². The zero-order valence-electron chi connectivity index (χ0n) is 9.93. The standard InChI is InChI=1S/C12H21N3/c1-13-7-10-4-11(8-14-2)6-12(5-10)9-15-3/h7-12H,4-6H2,1-3H3. The molecule has 1 rings (SSSR count). The largest absolute Gasteiger partial charge is 0.301 e. The van der Waals surface area contributed by atoms with Crippen molar-refractivity contribution in [1.29, 1.82) is 0 Å². The lowest BCUT2D eigenvalue weighted by Crippen LogP contribution is -2.25. The van der Waals surface area contributed by atoms with Gasteiger partial charge in [-0.05, 0) is 37.0 Å². The molecule has 1 aliphatic carbocycles. The van der Waals surface area contributed by atoms with Crippen molar-refractivity contribution in [1.82, 2.24) is 0 Å². The Morgan fingerprint density at radius 3 is 1.13 bits per heavy atom. The first-order valence-electron chi connectivity index (χ1n) is 5.57. The summed E-state index contributed by atoms with van der Waals surface area (Å²) in [7, 11) is 5.54. The van der Waals surface area contributed by atoms with E-state index in [4.69, 9.17) is 0 Å². The van der Waals surface area contributed by atoms with Crippen LogP contribution in [0, 0.1) is 17.8 Å². The molecule has 1 saturated carbocycles. The average molecular weight is 207 g/mol. The molecule has 0 aliphatic heterocycles.